The summed E-state index contributed by atoms with van der Waals surface area (Å²) in [6.07, 6.45) is 5.77. The Morgan fingerprint density at radius 1 is 1.29 bits per heavy atom. The Bertz CT molecular complexity index is 1040. The number of anilines is 1. The van der Waals surface area contributed by atoms with Crippen molar-refractivity contribution in [2.24, 2.45) is 5.92 Å². The molecular formula is C26H38N2O6Si. The van der Waals surface area contributed by atoms with Gasteiger partial charge in [-0.15, -0.1) is 0 Å². The van der Waals surface area contributed by atoms with Crippen molar-refractivity contribution in [1.29, 1.82) is 0 Å². The van der Waals surface area contributed by atoms with Crippen LogP contribution in [0.1, 0.15) is 52.5 Å². The molecular weight excluding hydrogens is 464 g/mol. The predicted molar refractivity (Wildman–Crippen MR) is 139 cm³/mol. The van der Waals surface area contributed by atoms with Gasteiger partial charge in [-0.3, -0.25) is 14.9 Å². The number of non-ortho nitro benzene ring substituents is 1. The Morgan fingerprint density at radius 2 is 1.97 bits per heavy atom. The van der Waals surface area contributed by atoms with Crippen molar-refractivity contribution < 1.29 is 24.4 Å². The maximum absolute atomic E-state index is 14.1. The first kappa shape index (κ1) is 27.3. The minimum absolute atomic E-state index is 0.107. The Kier molecular flexibility index (Phi) is 8.05. The van der Waals surface area contributed by atoms with Gasteiger partial charge in [0.25, 0.3) is 11.6 Å². The standard InChI is InChI=1S/C26H38N2O6Si/c1-17(2)8-7-9-18(3)12-14-27-22-11-10-20(28(31)32)16-21(22)26(25(27)30)19(4)24(35(5,6)33)23(34-26)13-15-29/h8,10-12,16,19,23-24,29,33H,7,9,13-15H2,1-6H3/b18-12+/t19-,23+,24-,26+/m1/s1. The number of carbonyl (C=O) groups excluding carboxylic acids is 1. The van der Waals surface area contributed by atoms with Crippen LogP contribution in [-0.2, 0) is 15.1 Å². The maximum atomic E-state index is 14.1. The van der Waals surface area contributed by atoms with Gasteiger partial charge in [-0.1, -0.05) is 30.2 Å². The number of nitro benzene ring substituents is 1. The second kappa shape index (κ2) is 10.3. The van der Waals surface area contributed by atoms with Crippen LogP contribution in [0.4, 0.5) is 11.4 Å². The van der Waals surface area contributed by atoms with E-state index in [4.69, 9.17) is 4.74 Å². The number of ether oxygens (including phenoxy) is 1. The Hall–Kier alpha value is -2.33. The zero-order valence-corrected chi connectivity index (χ0v) is 22.6. The summed E-state index contributed by atoms with van der Waals surface area (Å²) in [5, 5.41) is 21.3. The molecule has 0 radical (unpaired) electrons. The molecule has 8 nitrogen and oxygen atoms in total. The highest BCUT2D eigenvalue weighted by molar-refractivity contribution is 6.71. The summed E-state index contributed by atoms with van der Waals surface area (Å²) in [5.74, 6) is -0.677. The lowest BCUT2D eigenvalue weighted by Gasteiger charge is -2.32. The average molecular weight is 503 g/mol. The molecule has 0 saturated carbocycles. The molecule has 9 heteroatoms. The minimum atomic E-state index is -2.81. The third kappa shape index (κ3) is 5.14. The van der Waals surface area contributed by atoms with Gasteiger partial charge in [0.1, 0.15) is 0 Å². The summed E-state index contributed by atoms with van der Waals surface area (Å²) in [5.41, 5.74) is 1.64. The number of nitro groups is 1. The minimum Gasteiger partial charge on any atom is -0.432 e. The van der Waals surface area contributed by atoms with E-state index in [-0.39, 0.29) is 30.2 Å². The summed E-state index contributed by atoms with van der Waals surface area (Å²) in [6.45, 7) is 11.9. The van der Waals surface area contributed by atoms with Gasteiger partial charge in [-0.25, -0.2) is 0 Å². The summed E-state index contributed by atoms with van der Waals surface area (Å²) in [6, 6.07) is 4.48. The molecule has 1 fully saturated rings. The van der Waals surface area contributed by atoms with Crippen molar-refractivity contribution in [3.05, 3.63) is 57.2 Å². The monoisotopic (exact) mass is 502 g/mol. The van der Waals surface area contributed by atoms with Gasteiger partial charge in [0.2, 0.25) is 0 Å². The molecule has 4 atom stereocenters. The van der Waals surface area contributed by atoms with Crippen molar-refractivity contribution in [1.82, 2.24) is 0 Å². The summed E-state index contributed by atoms with van der Waals surface area (Å²) < 4.78 is 6.48. The molecule has 0 aromatic heterocycles. The Labute approximate surface area is 208 Å². The molecule has 3 rings (SSSR count). The smallest absolute Gasteiger partial charge is 0.269 e. The summed E-state index contributed by atoms with van der Waals surface area (Å²) in [7, 11) is -2.81. The number of amides is 1. The predicted octanol–water partition coefficient (Wildman–Crippen LogP) is 4.81. The maximum Gasteiger partial charge on any atom is 0.269 e. The number of nitrogens with zero attached hydrogens (tertiary/aromatic N) is 2. The van der Waals surface area contributed by atoms with E-state index in [1.807, 2.05) is 33.0 Å². The van der Waals surface area contributed by atoms with Gasteiger partial charge in [0.05, 0.1) is 16.7 Å². The molecule has 1 aromatic rings. The van der Waals surface area contributed by atoms with Crippen LogP contribution in [0.15, 0.2) is 41.5 Å². The number of fused-ring (bicyclic) bond motifs is 2. The van der Waals surface area contributed by atoms with E-state index >= 15 is 0 Å². The number of hydrogen-bond donors (Lipinski definition) is 2. The van der Waals surface area contributed by atoms with Crippen molar-refractivity contribution in [3.63, 3.8) is 0 Å². The molecule has 0 aliphatic carbocycles. The number of allylic oxidation sites excluding steroid dienone is 3. The zero-order chi connectivity index (χ0) is 26.1. The van der Waals surface area contributed by atoms with E-state index in [0.29, 0.717) is 17.8 Å². The molecule has 2 N–H and O–H groups in total. The molecule has 1 amide bonds. The van der Waals surface area contributed by atoms with Crippen molar-refractivity contribution in [2.45, 2.75) is 77.3 Å². The molecule has 1 spiro atoms. The number of hydrogen-bond acceptors (Lipinski definition) is 6. The zero-order valence-electron chi connectivity index (χ0n) is 21.6. The normalized spacial score (nSPS) is 26.4. The fraction of sp³-hybridized carbons (Fsp3) is 0.577. The van der Waals surface area contributed by atoms with Crippen LogP contribution < -0.4 is 4.90 Å². The third-order valence-electron chi connectivity index (χ3n) is 7.31. The van der Waals surface area contributed by atoms with Crippen LogP contribution in [0.5, 0.6) is 0 Å². The highest BCUT2D eigenvalue weighted by Crippen LogP contribution is 2.59. The van der Waals surface area contributed by atoms with Gasteiger partial charge in [-0.05, 0) is 59.2 Å². The first-order valence-electron chi connectivity index (χ1n) is 12.3. The van der Waals surface area contributed by atoms with Crippen LogP contribution in [0.2, 0.25) is 18.6 Å². The molecule has 35 heavy (non-hydrogen) atoms. The van der Waals surface area contributed by atoms with E-state index in [1.165, 1.54) is 17.7 Å². The second-order valence-electron chi connectivity index (χ2n) is 10.6. The van der Waals surface area contributed by atoms with Crippen molar-refractivity contribution >= 4 is 25.6 Å². The van der Waals surface area contributed by atoms with Gasteiger partial charge < -0.3 is 19.5 Å². The van der Waals surface area contributed by atoms with Crippen molar-refractivity contribution in [2.75, 3.05) is 18.1 Å². The van der Waals surface area contributed by atoms with Crippen molar-refractivity contribution in [3.8, 4) is 0 Å². The van der Waals surface area contributed by atoms with Crippen LogP contribution in [-0.4, -0.2) is 48.3 Å². The van der Waals surface area contributed by atoms with E-state index in [2.05, 4.69) is 19.9 Å². The molecule has 2 heterocycles. The van der Waals surface area contributed by atoms with E-state index in [0.717, 1.165) is 18.4 Å². The first-order chi connectivity index (χ1) is 16.3. The highest BCUT2D eigenvalue weighted by atomic mass is 28.4. The fourth-order valence-corrected chi connectivity index (χ4v) is 8.30. The molecule has 1 aromatic carbocycles. The quantitative estimate of drug-likeness (QED) is 0.217. The third-order valence-corrected chi connectivity index (χ3v) is 9.81. The molecule has 2 aliphatic heterocycles. The number of carbonyl (C=O) groups is 1. The number of aliphatic hydroxyl groups excluding tert-OH is 1. The van der Waals surface area contributed by atoms with E-state index in [1.54, 1.807) is 11.0 Å². The number of aliphatic hydroxyl groups is 1. The average Bonchev–Trinajstić information content (AvgIpc) is 3.18. The van der Waals surface area contributed by atoms with Gasteiger partial charge in [-0.2, -0.15) is 0 Å². The van der Waals surface area contributed by atoms with E-state index < -0.39 is 30.9 Å². The lowest BCUT2D eigenvalue weighted by molar-refractivity contribution is -0.385. The second-order valence-corrected chi connectivity index (χ2v) is 14.6. The van der Waals surface area contributed by atoms with Crippen LogP contribution >= 0.6 is 0 Å². The summed E-state index contributed by atoms with van der Waals surface area (Å²) in [4.78, 5) is 37.9. The number of rotatable bonds is 9. The topological polar surface area (TPSA) is 113 Å². The van der Waals surface area contributed by atoms with E-state index in [9.17, 15) is 24.8 Å². The van der Waals surface area contributed by atoms with Crippen LogP contribution in [0.25, 0.3) is 0 Å². The molecule has 2 aliphatic rings. The summed E-state index contributed by atoms with van der Waals surface area (Å²) >= 11 is 0. The Morgan fingerprint density at radius 3 is 2.54 bits per heavy atom. The lowest BCUT2D eigenvalue weighted by Crippen LogP contribution is -2.46. The van der Waals surface area contributed by atoms with Gasteiger partial charge >= 0.3 is 0 Å². The largest absolute Gasteiger partial charge is 0.432 e. The van der Waals surface area contributed by atoms with Gasteiger partial charge in [0, 0.05) is 42.3 Å². The molecule has 1 saturated heterocycles. The van der Waals surface area contributed by atoms with Crippen LogP contribution in [0, 0.1) is 16.0 Å². The van der Waals surface area contributed by atoms with Crippen LogP contribution in [0.3, 0.4) is 0 Å². The Balaban J connectivity index is 2.06. The number of benzene rings is 1. The molecule has 192 valence electrons. The highest BCUT2D eigenvalue weighted by Gasteiger charge is 2.66. The SMILES string of the molecule is CC(C)=CCC/C(C)=C/CN1C(=O)[C@@]2(O[C@@H](CCO)[C@H]([Si](C)(C)O)[C@H]2C)c2cc([N+](=O)[O-])ccc21. The molecule has 0 unspecified atom stereocenters. The van der Waals surface area contributed by atoms with Gasteiger partial charge in [0.15, 0.2) is 13.9 Å². The lowest BCUT2D eigenvalue weighted by atomic mass is 9.82. The first-order valence-corrected chi connectivity index (χ1v) is 15.3. The molecule has 0 bridgehead atoms. The fourth-order valence-electron chi connectivity index (χ4n) is 5.70.